The van der Waals surface area contributed by atoms with Crippen molar-refractivity contribution in [3.05, 3.63) is 44.9 Å². The van der Waals surface area contributed by atoms with E-state index in [1.807, 2.05) is 12.1 Å². The molecule has 6 nitrogen and oxygen atoms in total. The van der Waals surface area contributed by atoms with Crippen molar-refractivity contribution in [2.45, 2.75) is 34.6 Å². The molecular formula is C23H31Br2NO5. The van der Waals surface area contributed by atoms with Gasteiger partial charge >= 0.3 is 12.1 Å². The van der Waals surface area contributed by atoms with Gasteiger partial charge in [-0.25, -0.2) is 9.59 Å². The fraction of sp³-hybridized carbons (Fsp3) is 0.478. The Morgan fingerprint density at radius 3 is 2.13 bits per heavy atom. The molecule has 0 saturated carbocycles. The van der Waals surface area contributed by atoms with Crippen LogP contribution in [0, 0.1) is 11.8 Å². The number of rotatable bonds is 11. The minimum Gasteiger partial charge on any atom is -0.488 e. The number of alkyl carbamates (subject to hydrolysis) is 1. The average molecular weight is 561 g/mol. The highest BCUT2D eigenvalue weighted by molar-refractivity contribution is 9.11. The van der Waals surface area contributed by atoms with Crippen LogP contribution in [0.4, 0.5) is 4.79 Å². The molecule has 0 atom stereocenters. The summed E-state index contributed by atoms with van der Waals surface area (Å²) in [5, 5.41) is 2.48. The van der Waals surface area contributed by atoms with Crippen LogP contribution >= 0.6 is 31.9 Å². The van der Waals surface area contributed by atoms with Gasteiger partial charge in [-0.3, -0.25) is 0 Å². The number of halogens is 2. The smallest absolute Gasteiger partial charge is 0.407 e. The third kappa shape index (κ3) is 9.07. The van der Waals surface area contributed by atoms with E-state index in [2.05, 4.69) is 78.4 Å². The first-order chi connectivity index (χ1) is 14.6. The molecule has 172 valence electrons. The molecule has 0 saturated heterocycles. The third-order valence-electron chi connectivity index (χ3n) is 4.45. The number of ether oxygens (including phenoxy) is 3. The van der Waals surface area contributed by atoms with E-state index in [9.17, 15) is 9.59 Å². The molecule has 0 unspecified atom stereocenters. The van der Waals surface area contributed by atoms with E-state index in [4.69, 9.17) is 14.2 Å². The molecular weight excluding hydrogens is 530 g/mol. The summed E-state index contributed by atoms with van der Waals surface area (Å²) in [5.74, 6) is 1.03. The summed E-state index contributed by atoms with van der Waals surface area (Å²) in [5.41, 5.74) is 3.80. The van der Waals surface area contributed by atoms with Crippen molar-refractivity contribution < 1.29 is 23.8 Å². The number of carbonyl (C=O) groups excluding carboxylic acids is 2. The van der Waals surface area contributed by atoms with Gasteiger partial charge in [0, 0.05) is 6.08 Å². The van der Waals surface area contributed by atoms with Crippen molar-refractivity contribution in [2.75, 3.05) is 26.4 Å². The van der Waals surface area contributed by atoms with Gasteiger partial charge in [0.05, 0.1) is 15.5 Å². The summed E-state index contributed by atoms with van der Waals surface area (Å²) in [7, 11) is 0. The van der Waals surface area contributed by atoms with Crippen LogP contribution < -0.4 is 10.1 Å². The van der Waals surface area contributed by atoms with E-state index < -0.39 is 12.1 Å². The zero-order chi connectivity index (χ0) is 23.6. The molecule has 0 aromatic heterocycles. The second-order valence-electron chi connectivity index (χ2n) is 7.44. The normalized spacial score (nSPS) is 10.6. The summed E-state index contributed by atoms with van der Waals surface area (Å²) in [6.45, 7) is 14.7. The van der Waals surface area contributed by atoms with Crippen molar-refractivity contribution in [1.82, 2.24) is 5.32 Å². The standard InChI is InChI=1S/C23H31Br2NO5/c1-7-20(27)29-9-8-26-23(28)31-11-10-30-22-18(24)12-17(13-19(22)25)16(6)21(14(2)3)15(4)5/h7,12-15H,1,8-11H2,2-6H3,(H,26,28). The number of carbonyl (C=O) groups is 2. The van der Waals surface area contributed by atoms with Gasteiger partial charge in [-0.05, 0) is 73.9 Å². The Balaban J connectivity index is 2.62. The van der Waals surface area contributed by atoms with Crippen LogP contribution in [-0.2, 0) is 14.3 Å². The van der Waals surface area contributed by atoms with E-state index in [0.29, 0.717) is 17.6 Å². The Morgan fingerprint density at radius 2 is 1.61 bits per heavy atom. The van der Waals surface area contributed by atoms with Crippen LogP contribution in [-0.4, -0.2) is 38.4 Å². The molecule has 0 aliphatic rings. The Hall–Kier alpha value is -1.80. The van der Waals surface area contributed by atoms with Gasteiger partial charge in [-0.1, -0.05) is 39.8 Å². The Bertz CT molecular complexity index is 785. The molecule has 0 bridgehead atoms. The van der Waals surface area contributed by atoms with Crippen LogP contribution in [0.1, 0.15) is 40.2 Å². The topological polar surface area (TPSA) is 73.9 Å². The lowest BCUT2D eigenvalue weighted by Crippen LogP contribution is -2.29. The van der Waals surface area contributed by atoms with Gasteiger partial charge in [0.15, 0.2) is 0 Å². The summed E-state index contributed by atoms with van der Waals surface area (Å²) >= 11 is 7.17. The molecule has 1 N–H and O–H groups in total. The maximum Gasteiger partial charge on any atom is 0.407 e. The molecule has 0 aliphatic heterocycles. The molecule has 0 spiro atoms. The van der Waals surface area contributed by atoms with Gasteiger partial charge < -0.3 is 19.5 Å². The lowest BCUT2D eigenvalue weighted by molar-refractivity contribution is -0.137. The summed E-state index contributed by atoms with van der Waals surface area (Å²) in [6.07, 6.45) is 0.450. The molecule has 1 aromatic rings. The Morgan fingerprint density at radius 1 is 1.03 bits per heavy atom. The number of esters is 1. The Kier molecular flexibility index (Phi) is 11.9. The summed E-state index contributed by atoms with van der Waals surface area (Å²) in [6, 6.07) is 4.08. The molecule has 0 heterocycles. The van der Waals surface area contributed by atoms with Crippen molar-refractivity contribution in [3.8, 4) is 5.75 Å². The van der Waals surface area contributed by atoms with E-state index >= 15 is 0 Å². The lowest BCUT2D eigenvalue weighted by Gasteiger charge is -2.21. The summed E-state index contributed by atoms with van der Waals surface area (Å²) < 4.78 is 17.2. The zero-order valence-electron chi connectivity index (χ0n) is 18.7. The maximum atomic E-state index is 11.6. The highest BCUT2D eigenvalue weighted by Gasteiger charge is 2.16. The van der Waals surface area contributed by atoms with Crippen LogP contribution in [0.15, 0.2) is 39.3 Å². The van der Waals surface area contributed by atoms with Gasteiger partial charge in [-0.2, -0.15) is 0 Å². The van der Waals surface area contributed by atoms with Crippen LogP contribution in [0.3, 0.4) is 0 Å². The van der Waals surface area contributed by atoms with Crippen molar-refractivity contribution in [2.24, 2.45) is 11.8 Å². The number of nitrogens with one attached hydrogen (secondary N) is 1. The van der Waals surface area contributed by atoms with Crippen LogP contribution in [0.5, 0.6) is 5.75 Å². The van der Waals surface area contributed by atoms with Gasteiger partial charge in [0.1, 0.15) is 25.6 Å². The second kappa shape index (κ2) is 13.6. The molecule has 0 aliphatic carbocycles. The van der Waals surface area contributed by atoms with Gasteiger partial charge in [-0.15, -0.1) is 0 Å². The minimum atomic E-state index is -0.609. The molecule has 0 radical (unpaired) electrons. The number of amides is 1. The molecule has 1 amide bonds. The highest BCUT2D eigenvalue weighted by atomic mass is 79.9. The largest absolute Gasteiger partial charge is 0.488 e. The van der Waals surface area contributed by atoms with Gasteiger partial charge in [0.25, 0.3) is 0 Å². The predicted octanol–water partition coefficient (Wildman–Crippen LogP) is 6.13. The molecule has 1 aromatic carbocycles. The molecule has 0 fully saturated rings. The van der Waals surface area contributed by atoms with Crippen LogP contribution in [0.25, 0.3) is 5.57 Å². The quantitative estimate of drug-likeness (QED) is 0.200. The number of allylic oxidation sites excluding steroid dienone is 2. The average Bonchev–Trinajstić information content (AvgIpc) is 2.69. The SMILES string of the molecule is C=CC(=O)OCCNC(=O)OCCOc1c(Br)cc(C(C)=C(C(C)C)C(C)C)cc1Br. The highest BCUT2D eigenvalue weighted by Crippen LogP contribution is 2.38. The third-order valence-corrected chi connectivity index (χ3v) is 5.63. The minimum absolute atomic E-state index is 0.0475. The summed E-state index contributed by atoms with van der Waals surface area (Å²) in [4.78, 5) is 22.5. The number of benzene rings is 1. The second-order valence-corrected chi connectivity index (χ2v) is 9.15. The van der Waals surface area contributed by atoms with E-state index in [1.165, 1.54) is 11.1 Å². The fourth-order valence-electron chi connectivity index (χ4n) is 3.31. The first-order valence-electron chi connectivity index (χ1n) is 10.1. The van der Waals surface area contributed by atoms with Gasteiger partial charge in [0.2, 0.25) is 0 Å². The Labute approximate surface area is 201 Å². The first kappa shape index (κ1) is 27.2. The zero-order valence-corrected chi connectivity index (χ0v) is 21.9. The van der Waals surface area contributed by atoms with E-state index in [1.54, 1.807) is 0 Å². The van der Waals surface area contributed by atoms with Crippen molar-refractivity contribution >= 4 is 49.5 Å². The lowest BCUT2D eigenvalue weighted by atomic mass is 9.86. The monoisotopic (exact) mass is 559 g/mol. The molecule has 31 heavy (non-hydrogen) atoms. The van der Waals surface area contributed by atoms with Crippen LogP contribution in [0.2, 0.25) is 0 Å². The maximum absolute atomic E-state index is 11.6. The van der Waals surface area contributed by atoms with E-state index in [0.717, 1.165) is 20.6 Å². The van der Waals surface area contributed by atoms with E-state index in [-0.39, 0.29) is 26.4 Å². The number of hydrogen-bond acceptors (Lipinski definition) is 5. The van der Waals surface area contributed by atoms with Crippen molar-refractivity contribution in [3.63, 3.8) is 0 Å². The molecule has 1 rings (SSSR count). The number of hydrogen-bond donors (Lipinski definition) is 1. The van der Waals surface area contributed by atoms with Crippen molar-refractivity contribution in [1.29, 1.82) is 0 Å². The first-order valence-corrected chi connectivity index (χ1v) is 11.7. The molecule has 8 heteroatoms. The predicted molar refractivity (Wildman–Crippen MR) is 130 cm³/mol. The fourth-order valence-corrected chi connectivity index (χ4v) is 4.72.